The van der Waals surface area contributed by atoms with Gasteiger partial charge in [0.1, 0.15) is 6.10 Å². The second-order valence-electron chi connectivity index (χ2n) is 5.93. The van der Waals surface area contributed by atoms with Gasteiger partial charge in [-0.15, -0.1) is 0 Å². The van der Waals surface area contributed by atoms with Crippen molar-refractivity contribution in [3.05, 3.63) is 82.1 Å². The van der Waals surface area contributed by atoms with Gasteiger partial charge in [0.15, 0.2) is 0 Å². The summed E-state index contributed by atoms with van der Waals surface area (Å²) in [6, 6.07) is 15.1. The second kappa shape index (κ2) is 8.05. The Morgan fingerprint density at radius 2 is 1.79 bits per heavy atom. The first kappa shape index (κ1) is 19.9. The van der Waals surface area contributed by atoms with Crippen molar-refractivity contribution in [2.75, 3.05) is 0 Å². The maximum Gasteiger partial charge on any atom is 0.419 e. The summed E-state index contributed by atoms with van der Waals surface area (Å²) in [4.78, 5) is 11.3. The highest BCUT2D eigenvalue weighted by Crippen LogP contribution is 2.35. The molecule has 1 aromatic heterocycles. The molecule has 146 valence electrons. The van der Waals surface area contributed by atoms with Crippen molar-refractivity contribution in [1.29, 1.82) is 0 Å². The molecule has 3 rings (SSSR count). The predicted molar refractivity (Wildman–Crippen MR) is 99.8 cm³/mol. The third-order valence-electron chi connectivity index (χ3n) is 4.05. The molecule has 1 heterocycles. The van der Waals surface area contributed by atoms with Crippen molar-refractivity contribution in [2.45, 2.75) is 18.7 Å². The molecule has 0 radical (unpaired) electrons. The van der Waals surface area contributed by atoms with Crippen LogP contribution in [0.3, 0.4) is 0 Å². The first-order chi connectivity index (χ1) is 13.3. The van der Waals surface area contributed by atoms with Crippen LogP contribution < -0.4 is 5.73 Å². The van der Waals surface area contributed by atoms with E-state index in [1.807, 2.05) is 0 Å². The van der Waals surface area contributed by atoms with Gasteiger partial charge in [0.05, 0.1) is 23.1 Å². The highest BCUT2D eigenvalue weighted by molar-refractivity contribution is 9.10. The number of amides is 1. The lowest BCUT2D eigenvalue weighted by Gasteiger charge is -2.19. The number of hydrogen-bond donors (Lipinski definition) is 1. The fourth-order valence-corrected chi connectivity index (χ4v) is 3.09. The van der Waals surface area contributed by atoms with E-state index in [1.165, 1.54) is 4.68 Å². The summed E-state index contributed by atoms with van der Waals surface area (Å²) in [5, 5.41) is 3.92. The van der Waals surface area contributed by atoms with Crippen LogP contribution in [0.25, 0.3) is 5.69 Å². The zero-order valence-corrected chi connectivity index (χ0v) is 15.9. The van der Waals surface area contributed by atoms with Crippen molar-refractivity contribution in [3.63, 3.8) is 0 Å². The van der Waals surface area contributed by atoms with E-state index < -0.39 is 23.9 Å². The molecule has 1 atom stereocenters. The van der Waals surface area contributed by atoms with E-state index in [0.717, 1.165) is 10.7 Å². The Morgan fingerprint density at radius 3 is 2.36 bits per heavy atom. The molecule has 1 unspecified atom stereocenters. The van der Waals surface area contributed by atoms with Crippen LogP contribution in [0, 0.1) is 0 Å². The standard InChI is InChI=1S/C19H15BrF3N3O2/c20-13-6-8-14(9-7-13)26-16(15(11-25-26)19(21,22)23)10-17(28-18(24)27)12-4-2-1-3-5-12/h1-9,11,17H,10H2,(H2,24,27). The number of nitrogens with two attached hydrogens (primary N) is 1. The molecular weight excluding hydrogens is 439 g/mol. The number of hydrogen-bond acceptors (Lipinski definition) is 3. The van der Waals surface area contributed by atoms with Gasteiger partial charge in [-0.25, -0.2) is 9.48 Å². The fraction of sp³-hybridized carbons (Fsp3) is 0.158. The van der Waals surface area contributed by atoms with Crippen LogP contribution in [0.15, 0.2) is 65.3 Å². The highest BCUT2D eigenvalue weighted by Gasteiger charge is 2.37. The van der Waals surface area contributed by atoms with Crippen LogP contribution in [-0.4, -0.2) is 15.9 Å². The molecule has 2 N–H and O–H groups in total. The van der Waals surface area contributed by atoms with E-state index >= 15 is 0 Å². The maximum atomic E-state index is 13.6. The fourth-order valence-electron chi connectivity index (χ4n) is 2.82. The molecule has 0 fully saturated rings. The van der Waals surface area contributed by atoms with E-state index in [9.17, 15) is 18.0 Å². The van der Waals surface area contributed by atoms with Gasteiger partial charge in [-0.3, -0.25) is 0 Å². The SMILES string of the molecule is NC(=O)OC(Cc1c(C(F)(F)F)cnn1-c1ccc(Br)cc1)c1ccccc1. The Balaban J connectivity index is 2.08. The molecule has 28 heavy (non-hydrogen) atoms. The Bertz CT molecular complexity index is 957. The van der Waals surface area contributed by atoms with E-state index in [-0.39, 0.29) is 12.1 Å². The van der Waals surface area contributed by atoms with Crippen molar-refractivity contribution in [2.24, 2.45) is 5.73 Å². The summed E-state index contributed by atoms with van der Waals surface area (Å²) in [6.45, 7) is 0. The molecule has 3 aromatic rings. The topological polar surface area (TPSA) is 70.1 Å². The molecule has 9 heteroatoms. The van der Waals surface area contributed by atoms with Crippen LogP contribution in [0.5, 0.6) is 0 Å². The minimum atomic E-state index is -4.61. The molecule has 0 aliphatic heterocycles. The molecule has 0 aliphatic rings. The lowest BCUT2D eigenvalue weighted by molar-refractivity contribution is -0.138. The monoisotopic (exact) mass is 453 g/mol. The lowest BCUT2D eigenvalue weighted by Crippen LogP contribution is -2.21. The second-order valence-corrected chi connectivity index (χ2v) is 6.85. The number of primary amides is 1. The summed E-state index contributed by atoms with van der Waals surface area (Å²) in [5.74, 6) is 0. The zero-order valence-electron chi connectivity index (χ0n) is 14.4. The molecular formula is C19H15BrF3N3O2. The van der Waals surface area contributed by atoms with Crippen molar-refractivity contribution in [3.8, 4) is 5.69 Å². The van der Waals surface area contributed by atoms with Gasteiger partial charge in [-0.2, -0.15) is 18.3 Å². The summed E-state index contributed by atoms with van der Waals surface area (Å²) < 4.78 is 47.8. The zero-order chi connectivity index (χ0) is 20.3. The quantitative estimate of drug-likeness (QED) is 0.588. The highest BCUT2D eigenvalue weighted by atomic mass is 79.9. The first-order valence-corrected chi connectivity index (χ1v) is 8.96. The third kappa shape index (κ3) is 4.53. The summed E-state index contributed by atoms with van der Waals surface area (Å²) in [6.07, 6.45) is -6.17. The number of rotatable bonds is 5. The number of carbonyl (C=O) groups excluding carboxylic acids is 1. The van der Waals surface area contributed by atoms with Crippen LogP contribution in [0.4, 0.5) is 18.0 Å². The van der Waals surface area contributed by atoms with Crippen molar-refractivity contribution in [1.82, 2.24) is 9.78 Å². The number of alkyl halides is 3. The largest absolute Gasteiger partial charge is 0.441 e. The van der Waals surface area contributed by atoms with Crippen molar-refractivity contribution < 1.29 is 22.7 Å². The molecule has 0 bridgehead atoms. The average molecular weight is 454 g/mol. The smallest absolute Gasteiger partial charge is 0.419 e. The molecule has 5 nitrogen and oxygen atoms in total. The number of halogens is 4. The third-order valence-corrected chi connectivity index (χ3v) is 4.58. The predicted octanol–water partition coefficient (Wildman–Crippen LogP) is 5.03. The van der Waals surface area contributed by atoms with E-state index in [4.69, 9.17) is 10.5 Å². The van der Waals surface area contributed by atoms with Crippen molar-refractivity contribution >= 4 is 22.0 Å². The number of nitrogens with zero attached hydrogens (tertiary/aromatic N) is 2. The summed E-state index contributed by atoms with van der Waals surface area (Å²) in [5.41, 5.74) is 5.08. The van der Waals surface area contributed by atoms with Crippen LogP contribution >= 0.6 is 15.9 Å². The van der Waals surface area contributed by atoms with Gasteiger partial charge in [0.2, 0.25) is 0 Å². The van der Waals surface area contributed by atoms with Gasteiger partial charge >= 0.3 is 12.3 Å². The lowest BCUT2D eigenvalue weighted by atomic mass is 10.0. The van der Waals surface area contributed by atoms with Crippen LogP contribution in [0.1, 0.15) is 22.9 Å². The molecule has 0 saturated heterocycles. The first-order valence-electron chi connectivity index (χ1n) is 8.17. The number of ether oxygens (including phenoxy) is 1. The Kier molecular flexibility index (Phi) is 5.73. The van der Waals surface area contributed by atoms with Gasteiger partial charge in [-0.05, 0) is 29.8 Å². The molecule has 2 aromatic carbocycles. The van der Waals surface area contributed by atoms with Gasteiger partial charge in [0, 0.05) is 10.9 Å². The average Bonchev–Trinajstić information content (AvgIpc) is 3.06. The van der Waals surface area contributed by atoms with Gasteiger partial charge < -0.3 is 10.5 Å². The normalized spacial score (nSPS) is 12.6. The van der Waals surface area contributed by atoms with E-state index in [0.29, 0.717) is 11.3 Å². The summed E-state index contributed by atoms with van der Waals surface area (Å²) >= 11 is 3.29. The maximum absolute atomic E-state index is 13.6. The Hall–Kier alpha value is -2.81. The molecule has 0 spiro atoms. The van der Waals surface area contributed by atoms with E-state index in [1.54, 1.807) is 54.6 Å². The Morgan fingerprint density at radius 1 is 1.14 bits per heavy atom. The minimum Gasteiger partial charge on any atom is -0.441 e. The van der Waals surface area contributed by atoms with Crippen LogP contribution in [-0.2, 0) is 17.3 Å². The Labute approximate surface area is 167 Å². The van der Waals surface area contributed by atoms with Gasteiger partial charge in [0.25, 0.3) is 0 Å². The number of aromatic nitrogens is 2. The summed E-state index contributed by atoms with van der Waals surface area (Å²) in [7, 11) is 0. The van der Waals surface area contributed by atoms with Gasteiger partial charge in [-0.1, -0.05) is 46.3 Å². The molecule has 1 amide bonds. The van der Waals surface area contributed by atoms with E-state index in [2.05, 4.69) is 21.0 Å². The molecule has 0 saturated carbocycles. The number of carbonyl (C=O) groups is 1. The number of benzene rings is 2. The van der Waals surface area contributed by atoms with Crippen LogP contribution in [0.2, 0.25) is 0 Å². The molecule has 0 aliphatic carbocycles. The minimum absolute atomic E-state index is 0.134.